The van der Waals surface area contributed by atoms with Gasteiger partial charge in [-0.15, -0.1) is 0 Å². The third-order valence-electron chi connectivity index (χ3n) is 4.78. The van der Waals surface area contributed by atoms with Crippen molar-refractivity contribution in [1.82, 2.24) is 14.9 Å². The van der Waals surface area contributed by atoms with Crippen molar-refractivity contribution < 1.29 is 9.72 Å². The molecule has 8 heteroatoms. The van der Waals surface area contributed by atoms with E-state index >= 15 is 0 Å². The highest BCUT2D eigenvalue weighted by molar-refractivity contribution is 5.95. The summed E-state index contributed by atoms with van der Waals surface area (Å²) in [5.74, 6) is -0.309. The lowest BCUT2D eigenvalue weighted by molar-refractivity contribution is -0.384. The number of nitro benzene ring substituents is 1. The van der Waals surface area contributed by atoms with E-state index in [0.29, 0.717) is 23.8 Å². The molecule has 1 aliphatic carbocycles. The maximum absolute atomic E-state index is 12.4. The van der Waals surface area contributed by atoms with Gasteiger partial charge < -0.3 is 15.2 Å². The highest BCUT2D eigenvalue weighted by Crippen LogP contribution is 2.31. The number of aromatic nitrogens is 2. The molecule has 144 valence electrons. The zero-order valence-electron chi connectivity index (χ0n) is 15.3. The molecular formula is C20H21N5O3. The molecule has 28 heavy (non-hydrogen) atoms. The fourth-order valence-corrected chi connectivity index (χ4v) is 3.14. The van der Waals surface area contributed by atoms with Crippen molar-refractivity contribution in [2.45, 2.75) is 31.8 Å². The third kappa shape index (κ3) is 3.95. The fourth-order valence-electron chi connectivity index (χ4n) is 3.14. The number of nitro groups is 1. The number of nitrogens with one attached hydrogen (secondary N) is 2. The molecular weight excluding hydrogens is 358 g/mol. The first-order valence-corrected chi connectivity index (χ1v) is 9.35. The van der Waals surface area contributed by atoms with Gasteiger partial charge in [0.05, 0.1) is 22.3 Å². The van der Waals surface area contributed by atoms with Crippen molar-refractivity contribution in [2.24, 2.45) is 0 Å². The largest absolute Gasteiger partial charge is 0.377 e. The predicted molar refractivity (Wildman–Crippen MR) is 106 cm³/mol. The molecule has 1 aromatic heterocycles. The number of carbonyl (C=O) groups excluding carboxylic acids is 1. The van der Waals surface area contributed by atoms with Crippen molar-refractivity contribution in [3.63, 3.8) is 0 Å². The molecule has 3 aromatic rings. The number of para-hydroxylation sites is 2. The van der Waals surface area contributed by atoms with Gasteiger partial charge in [-0.25, -0.2) is 4.98 Å². The molecule has 0 spiro atoms. The van der Waals surface area contributed by atoms with E-state index in [9.17, 15) is 14.9 Å². The Balaban J connectivity index is 1.34. The summed E-state index contributed by atoms with van der Waals surface area (Å²) in [6.45, 7) is 1.20. The Hall–Kier alpha value is -3.42. The van der Waals surface area contributed by atoms with E-state index in [2.05, 4.69) is 15.6 Å². The van der Waals surface area contributed by atoms with Crippen LogP contribution in [0.2, 0.25) is 0 Å². The number of anilines is 1. The Morgan fingerprint density at radius 2 is 2.07 bits per heavy atom. The molecule has 0 aliphatic heterocycles. The molecule has 0 atom stereocenters. The van der Waals surface area contributed by atoms with Crippen LogP contribution in [0.25, 0.3) is 11.0 Å². The molecule has 0 bridgehead atoms. The zero-order valence-corrected chi connectivity index (χ0v) is 15.3. The van der Waals surface area contributed by atoms with Crippen LogP contribution in [0.3, 0.4) is 0 Å². The van der Waals surface area contributed by atoms with Gasteiger partial charge in [-0.2, -0.15) is 0 Å². The lowest BCUT2D eigenvalue weighted by atomic mass is 10.1. The Kier molecular flexibility index (Phi) is 4.92. The first-order valence-electron chi connectivity index (χ1n) is 9.35. The smallest absolute Gasteiger partial charge is 0.293 e. The van der Waals surface area contributed by atoms with Gasteiger partial charge >= 0.3 is 0 Å². The number of benzene rings is 2. The minimum atomic E-state index is -0.453. The van der Waals surface area contributed by atoms with E-state index in [4.69, 9.17) is 0 Å². The number of aryl methyl sites for hydroxylation is 1. The van der Waals surface area contributed by atoms with Gasteiger partial charge in [0, 0.05) is 30.8 Å². The summed E-state index contributed by atoms with van der Waals surface area (Å²) in [4.78, 5) is 27.6. The van der Waals surface area contributed by atoms with Crippen LogP contribution in [-0.2, 0) is 6.54 Å². The van der Waals surface area contributed by atoms with Gasteiger partial charge in [0.15, 0.2) is 0 Å². The summed E-state index contributed by atoms with van der Waals surface area (Å²) in [6.07, 6.45) is 4.56. The quantitative estimate of drug-likeness (QED) is 0.355. The second-order valence-electron chi connectivity index (χ2n) is 6.94. The Morgan fingerprint density at radius 3 is 2.86 bits per heavy atom. The minimum Gasteiger partial charge on any atom is -0.377 e. The molecule has 0 unspecified atom stereocenters. The maximum Gasteiger partial charge on any atom is 0.293 e. The Labute approximate surface area is 161 Å². The monoisotopic (exact) mass is 379 g/mol. The van der Waals surface area contributed by atoms with Crippen LogP contribution in [0.15, 0.2) is 48.8 Å². The first kappa shape index (κ1) is 18.0. The predicted octanol–water partition coefficient (Wildman–Crippen LogP) is 3.34. The van der Waals surface area contributed by atoms with Crippen molar-refractivity contribution in [2.75, 3.05) is 11.9 Å². The number of carbonyl (C=O) groups is 1. The molecule has 1 saturated carbocycles. The molecule has 2 aromatic carbocycles. The normalized spacial score (nSPS) is 13.4. The summed E-state index contributed by atoms with van der Waals surface area (Å²) in [6, 6.07) is 12.8. The number of amides is 1. The second kappa shape index (κ2) is 7.67. The fraction of sp³-hybridized carbons (Fsp3) is 0.300. The number of hydrogen-bond donors (Lipinski definition) is 2. The van der Waals surface area contributed by atoms with Gasteiger partial charge in [0.2, 0.25) is 0 Å². The number of hydrogen-bond acceptors (Lipinski definition) is 5. The van der Waals surface area contributed by atoms with Crippen LogP contribution in [-0.4, -0.2) is 33.0 Å². The zero-order chi connectivity index (χ0) is 19.5. The molecule has 1 aliphatic rings. The summed E-state index contributed by atoms with van der Waals surface area (Å²) >= 11 is 0. The molecule has 4 rings (SSSR count). The van der Waals surface area contributed by atoms with Gasteiger partial charge in [-0.1, -0.05) is 12.1 Å². The topological polar surface area (TPSA) is 102 Å². The number of imidazole rings is 1. The average Bonchev–Trinajstić information content (AvgIpc) is 3.42. The van der Waals surface area contributed by atoms with Crippen molar-refractivity contribution in [3.05, 3.63) is 64.5 Å². The van der Waals surface area contributed by atoms with Crippen molar-refractivity contribution >= 4 is 28.3 Å². The van der Waals surface area contributed by atoms with Crippen LogP contribution < -0.4 is 10.6 Å². The van der Waals surface area contributed by atoms with E-state index in [1.807, 2.05) is 28.8 Å². The molecule has 1 heterocycles. The highest BCUT2D eigenvalue weighted by atomic mass is 16.6. The van der Waals surface area contributed by atoms with E-state index in [-0.39, 0.29) is 11.6 Å². The van der Waals surface area contributed by atoms with Gasteiger partial charge in [-0.05, 0) is 43.5 Å². The van der Waals surface area contributed by atoms with E-state index in [1.54, 1.807) is 18.5 Å². The average molecular weight is 379 g/mol. The standard InChI is InChI=1S/C20H21N5O3/c26-20(14-6-9-17(23-15-7-8-15)19(12-14)25(27)28)21-10-3-11-24-13-22-16-4-1-2-5-18(16)24/h1-2,4-6,9,12-13,15,23H,3,7-8,10-11H2,(H,21,26). The summed E-state index contributed by atoms with van der Waals surface area (Å²) in [5.41, 5.74) is 2.70. The minimum absolute atomic E-state index is 0.0653. The molecule has 1 fully saturated rings. The Morgan fingerprint density at radius 1 is 1.25 bits per heavy atom. The van der Waals surface area contributed by atoms with Crippen LogP contribution >= 0.6 is 0 Å². The van der Waals surface area contributed by atoms with E-state index in [0.717, 1.165) is 36.8 Å². The second-order valence-corrected chi connectivity index (χ2v) is 6.94. The van der Waals surface area contributed by atoms with Gasteiger partial charge in [-0.3, -0.25) is 14.9 Å². The third-order valence-corrected chi connectivity index (χ3v) is 4.78. The molecule has 0 radical (unpaired) electrons. The highest BCUT2D eigenvalue weighted by Gasteiger charge is 2.25. The Bertz CT molecular complexity index is 1030. The number of fused-ring (bicyclic) bond motifs is 1. The van der Waals surface area contributed by atoms with E-state index in [1.165, 1.54) is 6.07 Å². The lowest BCUT2D eigenvalue weighted by Gasteiger charge is -2.09. The first-order chi connectivity index (χ1) is 13.6. The van der Waals surface area contributed by atoms with Crippen molar-refractivity contribution in [3.8, 4) is 0 Å². The van der Waals surface area contributed by atoms with Crippen LogP contribution in [0.4, 0.5) is 11.4 Å². The molecule has 8 nitrogen and oxygen atoms in total. The lowest BCUT2D eigenvalue weighted by Crippen LogP contribution is -2.25. The maximum atomic E-state index is 12.4. The van der Waals surface area contributed by atoms with Gasteiger partial charge in [0.1, 0.15) is 5.69 Å². The van der Waals surface area contributed by atoms with Gasteiger partial charge in [0.25, 0.3) is 11.6 Å². The summed E-state index contributed by atoms with van der Waals surface area (Å²) in [7, 11) is 0. The summed E-state index contributed by atoms with van der Waals surface area (Å²) in [5, 5.41) is 17.3. The number of rotatable bonds is 8. The van der Waals surface area contributed by atoms with Crippen LogP contribution in [0.5, 0.6) is 0 Å². The SMILES string of the molecule is O=C(NCCCn1cnc2ccccc21)c1ccc(NC2CC2)c([N+](=O)[O-])c1. The van der Waals surface area contributed by atoms with Crippen LogP contribution in [0, 0.1) is 10.1 Å². The molecule has 1 amide bonds. The number of nitrogens with zero attached hydrogens (tertiary/aromatic N) is 3. The molecule has 2 N–H and O–H groups in total. The van der Waals surface area contributed by atoms with Crippen LogP contribution in [0.1, 0.15) is 29.6 Å². The summed E-state index contributed by atoms with van der Waals surface area (Å²) < 4.78 is 2.05. The van der Waals surface area contributed by atoms with Crippen molar-refractivity contribution in [1.29, 1.82) is 0 Å². The van der Waals surface area contributed by atoms with E-state index < -0.39 is 4.92 Å². The molecule has 0 saturated heterocycles.